The molecule has 1 aliphatic rings. The van der Waals surface area contributed by atoms with Gasteiger partial charge in [0.15, 0.2) is 0 Å². The van der Waals surface area contributed by atoms with E-state index in [2.05, 4.69) is 18.2 Å². The first-order chi connectivity index (χ1) is 12.7. The Kier molecular flexibility index (Phi) is 5.23. The molecule has 1 aliphatic heterocycles. The number of para-hydroxylation sites is 1. The standard InChI is InChI=1S/C21H21ClN2OS/c22-17-8-5-15(6-9-17)7-10-20(25)24-13-11-16(12-14-24)21-23-18-3-1-2-4-19(18)26-21/h1-6,8-9,16H,7,10-14H2. The highest BCUT2D eigenvalue weighted by atomic mass is 35.5. The second-order valence-electron chi connectivity index (χ2n) is 6.80. The van der Waals surface area contributed by atoms with E-state index in [-0.39, 0.29) is 5.91 Å². The molecule has 26 heavy (non-hydrogen) atoms. The number of likely N-dealkylation sites (tertiary alicyclic amines) is 1. The number of carbonyl (C=O) groups excluding carboxylic acids is 1. The number of thiazole rings is 1. The number of fused-ring (bicyclic) bond motifs is 1. The number of piperidine rings is 1. The number of hydrogen-bond acceptors (Lipinski definition) is 3. The fraction of sp³-hybridized carbons (Fsp3) is 0.333. The number of rotatable bonds is 4. The molecular formula is C21H21ClN2OS. The molecule has 0 atom stereocenters. The topological polar surface area (TPSA) is 33.2 Å². The van der Waals surface area contributed by atoms with Crippen LogP contribution in [-0.4, -0.2) is 28.9 Å². The van der Waals surface area contributed by atoms with Gasteiger partial charge in [-0.2, -0.15) is 0 Å². The Bertz CT molecular complexity index is 865. The van der Waals surface area contributed by atoms with E-state index in [9.17, 15) is 4.79 Å². The molecule has 4 rings (SSSR count). The van der Waals surface area contributed by atoms with Gasteiger partial charge in [0.05, 0.1) is 15.2 Å². The number of halogens is 1. The number of benzene rings is 2. The summed E-state index contributed by atoms with van der Waals surface area (Å²) in [5.41, 5.74) is 2.25. The molecule has 0 saturated carbocycles. The Labute approximate surface area is 162 Å². The van der Waals surface area contributed by atoms with E-state index in [1.165, 1.54) is 9.71 Å². The van der Waals surface area contributed by atoms with Crippen LogP contribution in [0.3, 0.4) is 0 Å². The van der Waals surface area contributed by atoms with Crippen LogP contribution in [0.25, 0.3) is 10.2 Å². The number of nitrogens with zero attached hydrogens (tertiary/aromatic N) is 2. The van der Waals surface area contributed by atoms with Crippen LogP contribution >= 0.6 is 22.9 Å². The van der Waals surface area contributed by atoms with Crippen molar-refractivity contribution in [1.82, 2.24) is 9.88 Å². The third-order valence-corrected chi connectivity index (χ3v) is 6.50. The van der Waals surface area contributed by atoms with Gasteiger partial charge in [0.2, 0.25) is 5.91 Å². The predicted molar refractivity (Wildman–Crippen MR) is 108 cm³/mol. The van der Waals surface area contributed by atoms with Crippen molar-refractivity contribution in [2.45, 2.75) is 31.6 Å². The highest BCUT2D eigenvalue weighted by Crippen LogP contribution is 2.33. The smallest absolute Gasteiger partial charge is 0.222 e. The lowest BCUT2D eigenvalue weighted by atomic mass is 9.97. The van der Waals surface area contributed by atoms with E-state index in [4.69, 9.17) is 16.6 Å². The van der Waals surface area contributed by atoms with Gasteiger partial charge in [-0.05, 0) is 49.1 Å². The van der Waals surface area contributed by atoms with Gasteiger partial charge in [0.1, 0.15) is 0 Å². The molecule has 0 aliphatic carbocycles. The van der Waals surface area contributed by atoms with Gasteiger partial charge in [-0.3, -0.25) is 4.79 Å². The first kappa shape index (κ1) is 17.5. The van der Waals surface area contributed by atoms with Gasteiger partial charge >= 0.3 is 0 Å². The van der Waals surface area contributed by atoms with Crippen LogP contribution in [0.4, 0.5) is 0 Å². The zero-order valence-electron chi connectivity index (χ0n) is 14.5. The summed E-state index contributed by atoms with van der Waals surface area (Å²) in [6, 6.07) is 16.1. The largest absolute Gasteiger partial charge is 0.343 e. The number of amides is 1. The minimum Gasteiger partial charge on any atom is -0.343 e. The van der Waals surface area contributed by atoms with Gasteiger partial charge in [-0.1, -0.05) is 35.9 Å². The van der Waals surface area contributed by atoms with Crippen molar-refractivity contribution < 1.29 is 4.79 Å². The lowest BCUT2D eigenvalue weighted by molar-refractivity contribution is -0.132. The van der Waals surface area contributed by atoms with E-state index in [1.54, 1.807) is 11.3 Å². The zero-order valence-corrected chi connectivity index (χ0v) is 16.1. The second kappa shape index (κ2) is 7.77. The van der Waals surface area contributed by atoms with Crippen molar-refractivity contribution in [3.8, 4) is 0 Å². The van der Waals surface area contributed by atoms with Crippen molar-refractivity contribution in [2.75, 3.05) is 13.1 Å². The van der Waals surface area contributed by atoms with Crippen molar-refractivity contribution in [3.05, 3.63) is 64.1 Å². The van der Waals surface area contributed by atoms with Crippen molar-refractivity contribution in [1.29, 1.82) is 0 Å². The summed E-state index contributed by atoms with van der Waals surface area (Å²) >= 11 is 7.70. The quantitative estimate of drug-likeness (QED) is 0.612. The Morgan fingerprint density at radius 3 is 2.58 bits per heavy atom. The molecule has 1 fully saturated rings. The van der Waals surface area contributed by atoms with Crippen LogP contribution < -0.4 is 0 Å². The highest BCUT2D eigenvalue weighted by molar-refractivity contribution is 7.18. The monoisotopic (exact) mass is 384 g/mol. The van der Waals surface area contributed by atoms with Crippen LogP contribution in [0, 0.1) is 0 Å². The van der Waals surface area contributed by atoms with Crippen LogP contribution in [0.2, 0.25) is 5.02 Å². The highest BCUT2D eigenvalue weighted by Gasteiger charge is 2.25. The summed E-state index contributed by atoms with van der Waals surface area (Å²) in [4.78, 5) is 19.3. The summed E-state index contributed by atoms with van der Waals surface area (Å²) in [6.45, 7) is 1.67. The summed E-state index contributed by atoms with van der Waals surface area (Å²) < 4.78 is 1.25. The molecule has 3 nitrogen and oxygen atoms in total. The Hall–Kier alpha value is -1.91. The molecule has 1 aromatic heterocycles. The Morgan fingerprint density at radius 1 is 1.12 bits per heavy atom. The molecule has 2 heterocycles. The minimum absolute atomic E-state index is 0.252. The lowest BCUT2D eigenvalue weighted by Gasteiger charge is -2.31. The van der Waals surface area contributed by atoms with Crippen LogP contribution in [0.1, 0.15) is 35.8 Å². The van der Waals surface area contributed by atoms with Crippen molar-refractivity contribution in [3.63, 3.8) is 0 Å². The molecule has 0 unspecified atom stereocenters. The molecule has 1 saturated heterocycles. The van der Waals surface area contributed by atoms with Crippen molar-refractivity contribution >= 4 is 39.1 Å². The van der Waals surface area contributed by atoms with Gasteiger partial charge in [0.25, 0.3) is 0 Å². The van der Waals surface area contributed by atoms with Crippen LogP contribution in [0.5, 0.6) is 0 Å². The molecule has 0 radical (unpaired) electrons. The first-order valence-electron chi connectivity index (χ1n) is 9.07. The molecule has 0 bridgehead atoms. The van der Waals surface area contributed by atoms with Gasteiger partial charge in [-0.25, -0.2) is 4.98 Å². The first-order valence-corrected chi connectivity index (χ1v) is 10.3. The molecule has 2 aromatic carbocycles. The molecule has 134 valence electrons. The number of aromatic nitrogens is 1. The third-order valence-electron chi connectivity index (χ3n) is 5.05. The molecule has 0 N–H and O–H groups in total. The molecular weight excluding hydrogens is 364 g/mol. The minimum atomic E-state index is 0.252. The summed E-state index contributed by atoms with van der Waals surface area (Å²) in [7, 11) is 0. The number of aryl methyl sites for hydroxylation is 1. The average molecular weight is 385 g/mol. The third kappa shape index (κ3) is 3.92. The molecule has 0 spiro atoms. The van der Waals surface area contributed by atoms with E-state index in [0.29, 0.717) is 12.3 Å². The lowest BCUT2D eigenvalue weighted by Crippen LogP contribution is -2.38. The summed E-state index contributed by atoms with van der Waals surface area (Å²) in [5, 5.41) is 1.96. The van der Waals surface area contributed by atoms with E-state index in [1.807, 2.05) is 35.2 Å². The summed E-state index contributed by atoms with van der Waals surface area (Å²) in [6.07, 6.45) is 3.35. The maximum atomic E-state index is 12.5. The maximum Gasteiger partial charge on any atom is 0.222 e. The predicted octanol–water partition coefficient (Wildman–Crippen LogP) is 5.29. The van der Waals surface area contributed by atoms with Gasteiger partial charge in [0, 0.05) is 30.5 Å². The average Bonchev–Trinajstić information content (AvgIpc) is 3.12. The second-order valence-corrected chi connectivity index (χ2v) is 8.30. The molecule has 5 heteroatoms. The van der Waals surface area contributed by atoms with Crippen LogP contribution in [0.15, 0.2) is 48.5 Å². The SMILES string of the molecule is O=C(CCc1ccc(Cl)cc1)N1CCC(c2nc3ccccc3s2)CC1. The fourth-order valence-corrected chi connectivity index (χ4v) is 4.76. The van der Waals surface area contributed by atoms with Crippen LogP contribution in [-0.2, 0) is 11.2 Å². The van der Waals surface area contributed by atoms with Gasteiger partial charge < -0.3 is 4.90 Å². The Morgan fingerprint density at radius 2 is 1.85 bits per heavy atom. The number of hydrogen-bond donors (Lipinski definition) is 0. The van der Waals surface area contributed by atoms with Crippen molar-refractivity contribution in [2.24, 2.45) is 0 Å². The normalized spacial score (nSPS) is 15.5. The fourth-order valence-electron chi connectivity index (χ4n) is 3.50. The van der Waals surface area contributed by atoms with E-state index in [0.717, 1.165) is 48.5 Å². The molecule has 3 aromatic rings. The summed E-state index contributed by atoms with van der Waals surface area (Å²) in [5.74, 6) is 0.732. The Balaban J connectivity index is 1.31. The molecule has 1 amide bonds. The maximum absolute atomic E-state index is 12.5. The van der Waals surface area contributed by atoms with E-state index >= 15 is 0 Å². The van der Waals surface area contributed by atoms with E-state index < -0.39 is 0 Å². The zero-order chi connectivity index (χ0) is 17.9. The van der Waals surface area contributed by atoms with Gasteiger partial charge in [-0.15, -0.1) is 11.3 Å². The number of carbonyl (C=O) groups is 1.